The average molecular weight is 344 g/mol. The van der Waals surface area contributed by atoms with Crippen LogP contribution in [0.2, 0.25) is 0 Å². The molecule has 1 N–H and O–H groups in total. The van der Waals surface area contributed by atoms with Crippen LogP contribution in [0.4, 0.5) is 0 Å². The Kier molecular flexibility index (Phi) is 2.94. The van der Waals surface area contributed by atoms with Crippen LogP contribution in [0.1, 0.15) is 5.56 Å². The summed E-state index contributed by atoms with van der Waals surface area (Å²) in [5, 5.41) is 5.50. The van der Waals surface area contributed by atoms with Crippen LogP contribution in [-0.2, 0) is 7.05 Å². The van der Waals surface area contributed by atoms with Gasteiger partial charge < -0.3 is 4.98 Å². The third kappa shape index (κ3) is 2.07. The summed E-state index contributed by atoms with van der Waals surface area (Å²) in [7, 11) is 1.83. The van der Waals surface area contributed by atoms with Gasteiger partial charge in [-0.2, -0.15) is 0 Å². The minimum atomic E-state index is 0.0188. The maximum absolute atomic E-state index is 12.9. The molecule has 4 heteroatoms. The van der Waals surface area contributed by atoms with Crippen molar-refractivity contribution in [2.45, 2.75) is 6.92 Å². The zero-order valence-corrected chi connectivity index (χ0v) is 14.8. The summed E-state index contributed by atoms with van der Waals surface area (Å²) in [6, 6.07) is 16.7. The molecule has 0 fully saturated rings. The fraction of sp³-hybridized carbons (Fsp3) is 0.0952. The minimum absolute atomic E-state index is 0.0188. The van der Waals surface area contributed by atoms with E-state index in [9.17, 15) is 4.79 Å². The summed E-state index contributed by atoms with van der Waals surface area (Å²) in [6.07, 6.45) is 0. The van der Waals surface area contributed by atoms with Crippen molar-refractivity contribution in [1.82, 2.24) is 9.55 Å². The van der Waals surface area contributed by atoms with Gasteiger partial charge in [-0.05, 0) is 59.7 Å². The van der Waals surface area contributed by atoms with Crippen LogP contribution in [0.5, 0.6) is 0 Å². The number of H-pyrrole nitrogens is 1. The summed E-state index contributed by atoms with van der Waals surface area (Å²) < 4.78 is 2.96. The Bertz CT molecular complexity index is 1340. The molecule has 0 amide bonds. The number of nitrogens with zero attached hydrogens (tertiary/aromatic N) is 1. The van der Waals surface area contributed by atoms with E-state index in [0.29, 0.717) is 0 Å². The number of thiophene rings is 1. The van der Waals surface area contributed by atoms with Crippen LogP contribution in [0, 0.1) is 6.92 Å². The predicted octanol–water partition coefficient (Wildman–Crippen LogP) is 5.21. The van der Waals surface area contributed by atoms with E-state index in [1.807, 2.05) is 19.2 Å². The Balaban J connectivity index is 1.88. The van der Waals surface area contributed by atoms with E-state index in [1.54, 1.807) is 15.9 Å². The molecule has 2 aromatic carbocycles. The van der Waals surface area contributed by atoms with E-state index in [0.717, 1.165) is 33.1 Å². The number of pyridine rings is 1. The number of hydrogen-bond donors (Lipinski definition) is 1. The second kappa shape index (κ2) is 5.07. The van der Waals surface area contributed by atoms with Crippen LogP contribution in [-0.4, -0.2) is 9.55 Å². The third-order valence-corrected chi connectivity index (χ3v) is 5.79. The highest BCUT2D eigenvalue weighted by atomic mass is 32.1. The summed E-state index contributed by atoms with van der Waals surface area (Å²) in [5.74, 6) is 0. The van der Waals surface area contributed by atoms with Crippen molar-refractivity contribution in [2.75, 3.05) is 0 Å². The predicted molar refractivity (Wildman–Crippen MR) is 107 cm³/mol. The van der Waals surface area contributed by atoms with E-state index in [4.69, 9.17) is 0 Å². The number of nitrogens with one attached hydrogen (secondary N) is 1. The van der Waals surface area contributed by atoms with Crippen LogP contribution in [0.15, 0.2) is 58.7 Å². The molecule has 5 rings (SSSR count). The van der Waals surface area contributed by atoms with Gasteiger partial charge in [-0.15, -0.1) is 11.3 Å². The van der Waals surface area contributed by atoms with Gasteiger partial charge in [0.2, 0.25) is 0 Å². The van der Waals surface area contributed by atoms with Crippen molar-refractivity contribution in [3.05, 3.63) is 69.8 Å². The molecule has 0 radical (unpaired) electrons. The number of aromatic amines is 1. The smallest absolute Gasteiger partial charge is 0.259 e. The van der Waals surface area contributed by atoms with Crippen LogP contribution in [0.3, 0.4) is 0 Å². The molecular weight excluding hydrogens is 328 g/mol. The van der Waals surface area contributed by atoms with Crippen molar-refractivity contribution in [3.63, 3.8) is 0 Å². The lowest BCUT2D eigenvalue weighted by Gasteiger charge is -2.06. The SMILES string of the molecule is Cc1ccc2[nH]c3c(cc(-c4ccc5sccc5c4)c(=O)n3C)c2c1. The van der Waals surface area contributed by atoms with E-state index in [-0.39, 0.29) is 5.56 Å². The third-order valence-electron chi connectivity index (χ3n) is 4.90. The van der Waals surface area contributed by atoms with Crippen molar-refractivity contribution in [3.8, 4) is 11.1 Å². The van der Waals surface area contributed by atoms with Crippen molar-refractivity contribution in [1.29, 1.82) is 0 Å². The first-order valence-electron chi connectivity index (χ1n) is 8.21. The van der Waals surface area contributed by atoms with Gasteiger partial charge in [-0.3, -0.25) is 9.36 Å². The monoisotopic (exact) mass is 344 g/mol. The Morgan fingerprint density at radius 2 is 1.88 bits per heavy atom. The zero-order chi connectivity index (χ0) is 17.1. The molecule has 25 heavy (non-hydrogen) atoms. The van der Waals surface area contributed by atoms with E-state index in [2.05, 4.69) is 53.7 Å². The molecule has 0 saturated carbocycles. The second-order valence-electron chi connectivity index (χ2n) is 6.53. The Morgan fingerprint density at radius 3 is 2.76 bits per heavy atom. The molecule has 0 saturated heterocycles. The molecule has 0 aliphatic heterocycles. The molecule has 0 aliphatic carbocycles. The molecule has 0 unspecified atom stereocenters. The van der Waals surface area contributed by atoms with Gasteiger partial charge in [0.05, 0.1) is 0 Å². The van der Waals surface area contributed by atoms with Gasteiger partial charge in [0.1, 0.15) is 5.65 Å². The molecule has 122 valence electrons. The number of fused-ring (bicyclic) bond motifs is 4. The topological polar surface area (TPSA) is 37.8 Å². The maximum Gasteiger partial charge on any atom is 0.259 e. The summed E-state index contributed by atoms with van der Waals surface area (Å²) >= 11 is 1.72. The highest BCUT2D eigenvalue weighted by Crippen LogP contribution is 2.30. The second-order valence-corrected chi connectivity index (χ2v) is 7.48. The maximum atomic E-state index is 12.9. The van der Waals surface area contributed by atoms with E-state index in [1.165, 1.54) is 15.6 Å². The molecule has 0 atom stereocenters. The van der Waals surface area contributed by atoms with Gasteiger partial charge in [0.25, 0.3) is 5.56 Å². The van der Waals surface area contributed by atoms with Crippen molar-refractivity contribution < 1.29 is 0 Å². The Hall–Kier alpha value is -2.85. The lowest BCUT2D eigenvalue weighted by molar-refractivity contribution is 0.896. The first-order chi connectivity index (χ1) is 12.1. The van der Waals surface area contributed by atoms with Crippen LogP contribution < -0.4 is 5.56 Å². The normalized spacial score (nSPS) is 11.8. The first-order valence-corrected chi connectivity index (χ1v) is 9.09. The lowest BCUT2D eigenvalue weighted by atomic mass is 10.0. The molecule has 3 heterocycles. The summed E-state index contributed by atoms with van der Waals surface area (Å²) in [4.78, 5) is 16.3. The first kappa shape index (κ1) is 14.5. The zero-order valence-electron chi connectivity index (χ0n) is 14.0. The van der Waals surface area contributed by atoms with Crippen molar-refractivity contribution in [2.24, 2.45) is 7.05 Å². The molecule has 3 aromatic heterocycles. The lowest BCUT2D eigenvalue weighted by Crippen LogP contribution is -2.18. The fourth-order valence-electron chi connectivity index (χ4n) is 3.55. The summed E-state index contributed by atoms with van der Waals surface area (Å²) in [5.41, 5.74) is 4.86. The minimum Gasteiger partial charge on any atom is -0.341 e. The van der Waals surface area contributed by atoms with Gasteiger partial charge >= 0.3 is 0 Å². The molecule has 3 nitrogen and oxygen atoms in total. The molecule has 5 aromatic rings. The molecule has 0 aliphatic rings. The van der Waals surface area contributed by atoms with Crippen LogP contribution >= 0.6 is 11.3 Å². The molecule has 0 spiro atoms. The highest BCUT2D eigenvalue weighted by molar-refractivity contribution is 7.17. The number of rotatable bonds is 1. The largest absolute Gasteiger partial charge is 0.341 e. The van der Waals surface area contributed by atoms with Crippen molar-refractivity contribution >= 4 is 43.4 Å². The number of hydrogen-bond acceptors (Lipinski definition) is 2. The van der Waals surface area contributed by atoms with E-state index < -0.39 is 0 Å². The standard InChI is InChI=1S/C21H16N2OS/c1-12-3-5-18-16(9-12)17-11-15(21(24)23(2)20(17)22-18)13-4-6-19-14(10-13)7-8-25-19/h3-11,22H,1-2H3. The van der Waals surface area contributed by atoms with Gasteiger partial charge in [0, 0.05) is 33.6 Å². The molecular formula is C21H16N2OS. The van der Waals surface area contributed by atoms with E-state index >= 15 is 0 Å². The van der Waals surface area contributed by atoms with Gasteiger partial charge in [0.15, 0.2) is 0 Å². The highest BCUT2D eigenvalue weighted by Gasteiger charge is 2.13. The van der Waals surface area contributed by atoms with Gasteiger partial charge in [-0.1, -0.05) is 17.7 Å². The average Bonchev–Trinajstić information content (AvgIpc) is 3.21. The Morgan fingerprint density at radius 1 is 1.00 bits per heavy atom. The quantitative estimate of drug-likeness (QED) is 0.445. The van der Waals surface area contributed by atoms with Gasteiger partial charge in [-0.25, -0.2) is 0 Å². The van der Waals surface area contributed by atoms with Crippen LogP contribution in [0.25, 0.3) is 43.1 Å². The number of benzene rings is 2. The summed E-state index contributed by atoms with van der Waals surface area (Å²) in [6.45, 7) is 2.09. The number of aryl methyl sites for hydroxylation is 2. The number of aromatic nitrogens is 2. The Labute approximate surface area is 148 Å². The fourth-order valence-corrected chi connectivity index (χ4v) is 4.32. The molecule has 0 bridgehead atoms.